The highest BCUT2D eigenvalue weighted by Crippen LogP contribution is 2.30. The molecule has 0 fully saturated rings. The standard InChI is InChI=1S/C15H15NO4S/c17-14(11-8-21-13-4-2-1-3-10(11)13)16-7-9-5-6-12(20-9)15(18)19/h5-6,8H,1-4,7H2,(H,16,17)(H,18,19). The molecular weight excluding hydrogens is 290 g/mol. The molecule has 1 amide bonds. The van der Waals surface area contributed by atoms with Crippen molar-refractivity contribution in [1.29, 1.82) is 0 Å². The summed E-state index contributed by atoms with van der Waals surface area (Å²) in [4.78, 5) is 24.3. The third-order valence-corrected chi connectivity index (χ3v) is 4.69. The van der Waals surface area contributed by atoms with Crippen molar-refractivity contribution < 1.29 is 19.1 Å². The number of carboxylic acids is 1. The smallest absolute Gasteiger partial charge is 0.371 e. The van der Waals surface area contributed by atoms with Gasteiger partial charge < -0.3 is 14.8 Å². The van der Waals surface area contributed by atoms with Crippen LogP contribution in [0.4, 0.5) is 0 Å². The molecule has 0 saturated heterocycles. The Morgan fingerprint density at radius 2 is 2.10 bits per heavy atom. The quantitative estimate of drug-likeness (QED) is 0.910. The van der Waals surface area contributed by atoms with Gasteiger partial charge in [0, 0.05) is 10.3 Å². The zero-order valence-corrected chi connectivity index (χ0v) is 12.2. The minimum Gasteiger partial charge on any atom is -0.475 e. The number of aryl methyl sites for hydroxylation is 1. The van der Waals surface area contributed by atoms with E-state index in [1.54, 1.807) is 17.4 Å². The molecule has 110 valence electrons. The van der Waals surface area contributed by atoms with Crippen LogP contribution in [-0.4, -0.2) is 17.0 Å². The first kappa shape index (κ1) is 13.9. The van der Waals surface area contributed by atoms with Gasteiger partial charge in [0.1, 0.15) is 5.76 Å². The van der Waals surface area contributed by atoms with Crippen LogP contribution in [0.25, 0.3) is 0 Å². The Kier molecular flexibility index (Phi) is 3.79. The summed E-state index contributed by atoms with van der Waals surface area (Å²) in [5.74, 6) is -0.917. The lowest BCUT2D eigenvalue weighted by atomic mass is 9.96. The van der Waals surface area contributed by atoms with Gasteiger partial charge in [-0.2, -0.15) is 0 Å². The Hall–Kier alpha value is -2.08. The predicted octanol–water partition coefficient (Wildman–Crippen LogP) is 2.85. The Morgan fingerprint density at radius 3 is 2.86 bits per heavy atom. The summed E-state index contributed by atoms with van der Waals surface area (Å²) in [5, 5.41) is 13.5. The van der Waals surface area contributed by atoms with E-state index in [9.17, 15) is 9.59 Å². The van der Waals surface area contributed by atoms with Crippen LogP contribution in [0.2, 0.25) is 0 Å². The molecule has 2 aromatic heterocycles. The first-order chi connectivity index (χ1) is 10.1. The second kappa shape index (κ2) is 5.73. The number of thiophene rings is 1. The Morgan fingerprint density at radius 1 is 1.29 bits per heavy atom. The second-order valence-electron chi connectivity index (χ2n) is 5.01. The van der Waals surface area contributed by atoms with Gasteiger partial charge in [-0.05, 0) is 43.4 Å². The van der Waals surface area contributed by atoms with Crippen LogP contribution in [-0.2, 0) is 19.4 Å². The van der Waals surface area contributed by atoms with Crippen LogP contribution in [0.1, 0.15) is 50.0 Å². The highest BCUT2D eigenvalue weighted by molar-refractivity contribution is 7.10. The van der Waals surface area contributed by atoms with Crippen LogP contribution in [0.5, 0.6) is 0 Å². The maximum absolute atomic E-state index is 12.2. The van der Waals surface area contributed by atoms with E-state index in [0.717, 1.165) is 24.8 Å². The summed E-state index contributed by atoms with van der Waals surface area (Å²) in [6, 6.07) is 2.95. The van der Waals surface area contributed by atoms with Crippen molar-refractivity contribution in [2.24, 2.45) is 0 Å². The molecule has 2 heterocycles. The topological polar surface area (TPSA) is 79.5 Å². The van der Waals surface area contributed by atoms with Crippen molar-refractivity contribution in [3.05, 3.63) is 45.0 Å². The summed E-state index contributed by atoms with van der Waals surface area (Å²) in [5.41, 5.74) is 1.93. The van der Waals surface area contributed by atoms with Crippen molar-refractivity contribution in [2.45, 2.75) is 32.2 Å². The molecule has 3 rings (SSSR count). The summed E-state index contributed by atoms with van der Waals surface area (Å²) < 4.78 is 5.11. The van der Waals surface area contributed by atoms with Gasteiger partial charge in [0.25, 0.3) is 5.91 Å². The van der Waals surface area contributed by atoms with Gasteiger partial charge in [0.2, 0.25) is 5.76 Å². The van der Waals surface area contributed by atoms with Crippen LogP contribution in [0.3, 0.4) is 0 Å². The maximum atomic E-state index is 12.2. The van der Waals surface area contributed by atoms with Gasteiger partial charge in [0.05, 0.1) is 12.1 Å². The fraction of sp³-hybridized carbons (Fsp3) is 0.333. The number of amides is 1. The molecule has 0 unspecified atom stereocenters. The minimum absolute atomic E-state index is 0.118. The lowest BCUT2D eigenvalue weighted by Gasteiger charge is -2.12. The fourth-order valence-electron chi connectivity index (χ4n) is 2.53. The highest BCUT2D eigenvalue weighted by atomic mass is 32.1. The van der Waals surface area contributed by atoms with Crippen molar-refractivity contribution in [1.82, 2.24) is 5.32 Å². The van der Waals surface area contributed by atoms with E-state index >= 15 is 0 Å². The van der Waals surface area contributed by atoms with E-state index in [1.807, 2.05) is 5.38 Å². The van der Waals surface area contributed by atoms with E-state index in [2.05, 4.69) is 5.32 Å². The zero-order chi connectivity index (χ0) is 14.8. The lowest BCUT2D eigenvalue weighted by Crippen LogP contribution is -2.23. The number of hydrogen-bond donors (Lipinski definition) is 2. The number of aromatic carboxylic acids is 1. The van der Waals surface area contributed by atoms with E-state index in [1.165, 1.54) is 22.9 Å². The molecule has 5 nitrogen and oxygen atoms in total. The molecule has 0 aromatic carbocycles. The Labute approximate surface area is 125 Å². The summed E-state index contributed by atoms with van der Waals surface area (Å²) in [7, 11) is 0. The maximum Gasteiger partial charge on any atom is 0.371 e. The largest absolute Gasteiger partial charge is 0.475 e. The summed E-state index contributed by atoms with van der Waals surface area (Å²) in [6.07, 6.45) is 4.35. The number of furan rings is 1. The number of carboxylic acid groups (broad SMARTS) is 1. The van der Waals surface area contributed by atoms with Crippen LogP contribution in [0.15, 0.2) is 21.9 Å². The van der Waals surface area contributed by atoms with E-state index in [-0.39, 0.29) is 18.2 Å². The number of carbonyl (C=O) groups excluding carboxylic acids is 1. The number of rotatable bonds is 4. The minimum atomic E-state index is -1.11. The van der Waals surface area contributed by atoms with Crippen molar-refractivity contribution in [3.63, 3.8) is 0 Å². The van der Waals surface area contributed by atoms with Crippen molar-refractivity contribution in [3.8, 4) is 0 Å². The van der Waals surface area contributed by atoms with Crippen LogP contribution >= 0.6 is 11.3 Å². The third-order valence-electron chi connectivity index (χ3n) is 3.60. The molecule has 2 N–H and O–H groups in total. The van der Waals surface area contributed by atoms with E-state index in [0.29, 0.717) is 5.76 Å². The molecule has 0 atom stereocenters. The zero-order valence-electron chi connectivity index (χ0n) is 11.3. The first-order valence-electron chi connectivity index (χ1n) is 6.84. The molecular formula is C15H15NO4S. The normalized spacial score (nSPS) is 13.7. The van der Waals surface area contributed by atoms with Crippen LogP contribution < -0.4 is 5.32 Å². The van der Waals surface area contributed by atoms with E-state index in [4.69, 9.17) is 9.52 Å². The molecule has 0 bridgehead atoms. The van der Waals surface area contributed by atoms with Crippen molar-refractivity contribution in [2.75, 3.05) is 0 Å². The predicted molar refractivity (Wildman–Crippen MR) is 77.8 cm³/mol. The fourth-order valence-corrected chi connectivity index (χ4v) is 3.66. The summed E-state index contributed by atoms with van der Waals surface area (Å²) >= 11 is 1.65. The molecule has 0 spiro atoms. The third kappa shape index (κ3) is 2.85. The average Bonchev–Trinajstić information content (AvgIpc) is 3.11. The average molecular weight is 305 g/mol. The van der Waals surface area contributed by atoms with Gasteiger partial charge in [-0.15, -0.1) is 11.3 Å². The molecule has 0 radical (unpaired) electrons. The number of carbonyl (C=O) groups is 2. The molecule has 0 saturated carbocycles. The lowest BCUT2D eigenvalue weighted by molar-refractivity contribution is 0.0660. The van der Waals surface area contributed by atoms with Gasteiger partial charge in [0.15, 0.2) is 0 Å². The van der Waals surface area contributed by atoms with Crippen molar-refractivity contribution >= 4 is 23.2 Å². The number of hydrogen-bond acceptors (Lipinski definition) is 4. The van der Waals surface area contributed by atoms with Gasteiger partial charge in [-0.1, -0.05) is 0 Å². The number of fused-ring (bicyclic) bond motifs is 1. The highest BCUT2D eigenvalue weighted by Gasteiger charge is 2.20. The van der Waals surface area contributed by atoms with Gasteiger partial charge in [-0.25, -0.2) is 4.79 Å². The molecule has 1 aliphatic carbocycles. The molecule has 2 aromatic rings. The van der Waals surface area contributed by atoms with E-state index < -0.39 is 5.97 Å². The summed E-state index contributed by atoms with van der Waals surface area (Å²) in [6.45, 7) is 0.191. The number of nitrogens with one attached hydrogen (secondary N) is 1. The van der Waals surface area contributed by atoms with Gasteiger partial charge in [-0.3, -0.25) is 4.79 Å². The Bertz CT molecular complexity index is 686. The Balaban J connectivity index is 1.66. The van der Waals surface area contributed by atoms with Gasteiger partial charge >= 0.3 is 5.97 Å². The first-order valence-corrected chi connectivity index (χ1v) is 7.72. The SMILES string of the molecule is O=C(O)c1ccc(CNC(=O)c2csc3c2CCCC3)o1. The molecule has 21 heavy (non-hydrogen) atoms. The monoisotopic (exact) mass is 305 g/mol. The molecule has 1 aliphatic rings. The second-order valence-corrected chi connectivity index (χ2v) is 5.98. The molecule has 0 aliphatic heterocycles. The molecule has 6 heteroatoms. The van der Waals surface area contributed by atoms with Crippen LogP contribution in [0, 0.1) is 0 Å².